The van der Waals surface area contributed by atoms with Gasteiger partial charge in [-0.1, -0.05) is 48.4 Å². The number of nitrogens with zero attached hydrogens (tertiary/aromatic N) is 5. The number of nitrogen functional groups attached to an aromatic ring is 1. The van der Waals surface area contributed by atoms with E-state index in [1.54, 1.807) is 0 Å². The first-order valence-electron chi connectivity index (χ1n) is 12.8. The Morgan fingerprint density at radius 2 is 1.89 bits per heavy atom. The van der Waals surface area contributed by atoms with Crippen molar-refractivity contribution < 1.29 is 9.90 Å². The van der Waals surface area contributed by atoms with E-state index in [9.17, 15) is 9.90 Å². The number of rotatable bonds is 7. The lowest BCUT2D eigenvalue weighted by Crippen LogP contribution is -2.58. The number of amides is 1. The maximum atomic E-state index is 12.0. The zero-order valence-electron chi connectivity index (χ0n) is 21.5. The van der Waals surface area contributed by atoms with Gasteiger partial charge in [-0.05, 0) is 31.7 Å². The van der Waals surface area contributed by atoms with Crippen LogP contribution >= 0.6 is 11.6 Å². The molecule has 10 heteroatoms. The summed E-state index contributed by atoms with van der Waals surface area (Å²) in [4.78, 5) is 27.8. The fourth-order valence-corrected chi connectivity index (χ4v) is 5.81. The number of piperidine rings is 1. The summed E-state index contributed by atoms with van der Waals surface area (Å²) in [6.45, 7) is 8.82. The number of aromatic nitrogens is 2. The van der Waals surface area contributed by atoms with Crippen molar-refractivity contribution in [1.29, 1.82) is 0 Å². The Bertz CT molecular complexity index is 1040. The van der Waals surface area contributed by atoms with Crippen molar-refractivity contribution in [2.24, 2.45) is 0 Å². The lowest BCUT2D eigenvalue weighted by atomic mass is 9.95. The molecule has 1 amide bonds. The average Bonchev–Trinajstić information content (AvgIpc) is 2.91. The minimum Gasteiger partial charge on any atom is -0.394 e. The van der Waals surface area contributed by atoms with Gasteiger partial charge in [0.1, 0.15) is 0 Å². The SMILES string of the molecule is CC[C@H]1CN(c2nc(N)c(C(=O)NC)nc2Cl)CCN1C1CCN(C(CO)c2ccc(C)cc2)CC1. The van der Waals surface area contributed by atoms with Crippen LogP contribution in [0.25, 0.3) is 0 Å². The molecule has 196 valence electrons. The molecule has 1 unspecified atom stereocenters. The molecule has 2 aromatic rings. The Morgan fingerprint density at radius 3 is 2.50 bits per heavy atom. The largest absolute Gasteiger partial charge is 0.394 e. The van der Waals surface area contributed by atoms with E-state index in [0.29, 0.717) is 17.9 Å². The van der Waals surface area contributed by atoms with Gasteiger partial charge in [0.25, 0.3) is 5.91 Å². The van der Waals surface area contributed by atoms with E-state index in [-0.39, 0.29) is 29.3 Å². The second kappa shape index (κ2) is 11.7. The molecule has 9 nitrogen and oxygen atoms in total. The third-order valence-electron chi connectivity index (χ3n) is 7.65. The first kappa shape index (κ1) is 26.6. The van der Waals surface area contributed by atoms with Gasteiger partial charge in [0.15, 0.2) is 22.5 Å². The highest BCUT2D eigenvalue weighted by Crippen LogP contribution is 2.31. The molecule has 2 aliphatic rings. The summed E-state index contributed by atoms with van der Waals surface area (Å²) in [7, 11) is 1.52. The predicted octanol–water partition coefficient (Wildman–Crippen LogP) is 2.48. The van der Waals surface area contributed by atoms with Crippen molar-refractivity contribution in [1.82, 2.24) is 25.1 Å². The molecule has 2 aliphatic heterocycles. The average molecular weight is 516 g/mol. The number of carbonyl (C=O) groups is 1. The second-order valence-electron chi connectivity index (χ2n) is 9.77. The van der Waals surface area contributed by atoms with Gasteiger partial charge in [-0.25, -0.2) is 9.97 Å². The molecule has 0 radical (unpaired) electrons. The minimum absolute atomic E-state index is 0.0503. The molecule has 2 fully saturated rings. The van der Waals surface area contributed by atoms with E-state index >= 15 is 0 Å². The van der Waals surface area contributed by atoms with E-state index in [2.05, 4.69) is 68.1 Å². The fraction of sp³-hybridized carbons (Fsp3) is 0.577. The monoisotopic (exact) mass is 515 g/mol. The standard InChI is InChI=1S/C26H38ClN7O2/c1-4-19-15-33(25-23(27)30-22(24(28)31-25)26(36)29-3)13-14-34(19)20-9-11-32(12-10-20)21(16-35)18-7-5-17(2)6-8-18/h5-8,19-21,35H,4,9-16H2,1-3H3,(H2,28,31)(H,29,36)/t19-,21?/m0/s1. The quantitative estimate of drug-likeness (QED) is 0.516. The van der Waals surface area contributed by atoms with Crippen LogP contribution in [0.5, 0.6) is 0 Å². The number of nitrogens with two attached hydrogens (primary N) is 1. The summed E-state index contributed by atoms with van der Waals surface area (Å²) in [5, 5.41) is 12.8. The Kier molecular flexibility index (Phi) is 8.66. The molecule has 0 spiro atoms. The van der Waals surface area contributed by atoms with E-state index in [1.807, 2.05) is 0 Å². The van der Waals surface area contributed by atoms with Crippen LogP contribution in [-0.4, -0.2) is 89.2 Å². The summed E-state index contributed by atoms with van der Waals surface area (Å²) in [5.41, 5.74) is 8.50. The number of likely N-dealkylation sites (tertiary alicyclic amines) is 1. The zero-order chi connectivity index (χ0) is 25.8. The molecule has 4 rings (SSSR count). The molecule has 1 aromatic carbocycles. The highest BCUT2D eigenvalue weighted by molar-refractivity contribution is 6.32. The number of hydrogen-bond acceptors (Lipinski definition) is 8. The van der Waals surface area contributed by atoms with Crippen LogP contribution < -0.4 is 16.0 Å². The first-order valence-corrected chi connectivity index (χ1v) is 13.2. The van der Waals surface area contributed by atoms with Crippen LogP contribution in [0, 0.1) is 6.92 Å². The molecule has 3 heterocycles. The highest BCUT2D eigenvalue weighted by Gasteiger charge is 2.35. The van der Waals surface area contributed by atoms with E-state index in [1.165, 1.54) is 18.2 Å². The highest BCUT2D eigenvalue weighted by atomic mass is 35.5. The number of hydrogen-bond donors (Lipinski definition) is 3. The van der Waals surface area contributed by atoms with Crippen LogP contribution in [0.2, 0.25) is 5.15 Å². The van der Waals surface area contributed by atoms with Crippen LogP contribution in [0.3, 0.4) is 0 Å². The topological polar surface area (TPSA) is 111 Å². The summed E-state index contributed by atoms with van der Waals surface area (Å²) in [6, 6.07) is 9.42. The second-order valence-corrected chi connectivity index (χ2v) is 10.1. The lowest BCUT2D eigenvalue weighted by Gasteiger charge is -2.48. The number of benzene rings is 1. The van der Waals surface area contributed by atoms with Gasteiger partial charge in [-0.15, -0.1) is 0 Å². The number of halogens is 1. The number of carbonyl (C=O) groups excluding carboxylic acids is 1. The third kappa shape index (κ3) is 5.59. The first-order chi connectivity index (χ1) is 17.4. The summed E-state index contributed by atoms with van der Waals surface area (Å²) >= 11 is 6.44. The van der Waals surface area contributed by atoms with Crippen molar-refractivity contribution in [3.63, 3.8) is 0 Å². The molecule has 36 heavy (non-hydrogen) atoms. The van der Waals surface area contributed by atoms with Gasteiger partial charge in [-0.2, -0.15) is 0 Å². The van der Waals surface area contributed by atoms with E-state index in [0.717, 1.165) is 52.0 Å². The van der Waals surface area contributed by atoms with Crippen molar-refractivity contribution >= 4 is 29.1 Å². The normalized spacial score (nSPS) is 20.9. The predicted molar refractivity (Wildman–Crippen MR) is 143 cm³/mol. The number of aliphatic hydroxyl groups is 1. The molecular formula is C26H38ClN7O2. The van der Waals surface area contributed by atoms with Gasteiger partial charge in [0.2, 0.25) is 0 Å². The van der Waals surface area contributed by atoms with E-state index < -0.39 is 5.91 Å². The summed E-state index contributed by atoms with van der Waals surface area (Å²) in [5.74, 6) is 0.226. The van der Waals surface area contributed by atoms with Gasteiger partial charge in [-0.3, -0.25) is 14.6 Å². The molecule has 0 aliphatic carbocycles. The fourth-order valence-electron chi connectivity index (χ4n) is 5.56. The smallest absolute Gasteiger partial charge is 0.273 e. The number of anilines is 2. The van der Waals surface area contributed by atoms with Crippen LogP contribution in [-0.2, 0) is 0 Å². The van der Waals surface area contributed by atoms with Crippen molar-refractivity contribution in [2.45, 2.75) is 51.2 Å². The number of aryl methyl sites for hydroxylation is 1. The van der Waals surface area contributed by atoms with Crippen molar-refractivity contribution in [3.05, 3.63) is 46.2 Å². The van der Waals surface area contributed by atoms with Crippen molar-refractivity contribution in [3.8, 4) is 0 Å². The molecule has 0 saturated carbocycles. The van der Waals surface area contributed by atoms with Crippen LogP contribution in [0.4, 0.5) is 11.6 Å². The number of aliphatic hydroxyl groups excluding tert-OH is 1. The van der Waals surface area contributed by atoms with E-state index in [4.69, 9.17) is 17.3 Å². The molecule has 1 aromatic heterocycles. The summed E-state index contributed by atoms with van der Waals surface area (Å²) < 4.78 is 0. The molecule has 2 atom stereocenters. The summed E-state index contributed by atoms with van der Waals surface area (Å²) in [6.07, 6.45) is 3.16. The maximum Gasteiger partial charge on any atom is 0.273 e. The number of nitrogens with one attached hydrogen (secondary N) is 1. The molecule has 0 bridgehead atoms. The Morgan fingerprint density at radius 1 is 1.19 bits per heavy atom. The number of piperazine rings is 1. The Balaban J connectivity index is 1.40. The van der Waals surface area contributed by atoms with Gasteiger partial charge < -0.3 is 21.1 Å². The molecule has 2 saturated heterocycles. The Labute approximate surface area is 218 Å². The van der Waals surface area contributed by atoms with Crippen molar-refractivity contribution in [2.75, 3.05) is 57.0 Å². The molecule has 4 N–H and O–H groups in total. The lowest BCUT2D eigenvalue weighted by molar-refractivity contribution is 0.0356. The maximum absolute atomic E-state index is 12.0. The minimum atomic E-state index is -0.401. The van der Waals surface area contributed by atoms with Crippen LogP contribution in [0.15, 0.2) is 24.3 Å². The van der Waals surface area contributed by atoms with Gasteiger partial charge in [0, 0.05) is 51.9 Å². The molecular weight excluding hydrogens is 478 g/mol. The van der Waals surface area contributed by atoms with Gasteiger partial charge in [0.05, 0.1) is 12.6 Å². The third-order valence-corrected chi connectivity index (χ3v) is 7.90. The zero-order valence-corrected chi connectivity index (χ0v) is 22.2. The van der Waals surface area contributed by atoms with Crippen LogP contribution in [0.1, 0.15) is 53.8 Å². The Hall–Kier alpha value is -2.46. The van der Waals surface area contributed by atoms with Gasteiger partial charge >= 0.3 is 0 Å².